The lowest BCUT2D eigenvalue weighted by atomic mass is 9.73. The molecule has 4 aromatic rings. The predicted molar refractivity (Wildman–Crippen MR) is 171 cm³/mol. The Balaban J connectivity index is 1.10. The minimum atomic E-state index is -4.48. The lowest BCUT2D eigenvalue weighted by Gasteiger charge is -2.36. The molecule has 8 heteroatoms. The second kappa shape index (κ2) is 12.7. The Kier molecular flexibility index (Phi) is 8.70. The first-order chi connectivity index (χ1) is 21.2. The third-order valence-corrected chi connectivity index (χ3v) is 9.15. The van der Waals surface area contributed by atoms with Gasteiger partial charge in [0.15, 0.2) is 0 Å². The summed E-state index contributed by atoms with van der Waals surface area (Å²) in [7, 11) is 0. The maximum atomic E-state index is 13.7. The van der Waals surface area contributed by atoms with Gasteiger partial charge in [0.1, 0.15) is 12.0 Å². The van der Waals surface area contributed by atoms with Gasteiger partial charge in [-0.2, -0.15) is 13.2 Å². The fourth-order valence-corrected chi connectivity index (χ4v) is 6.98. The summed E-state index contributed by atoms with van der Waals surface area (Å²) < 4.78 is 39.5. The second-order valence-corrected chi connectivity index (χ2v) is 12.1. The Morgan fingerprint density at radius 3 is 2.02 bits per heavy atom. The van der Waals surface area contributed by atoms with Crippen LogP contribution >= 0.6 is 11.6 Å². The average Bonchev–Trinajstić information content (AvgIpc) is 3.32. The minimum absolute atomic E-state index is 0.445. The van der Waals surface area contributed by atoms with E-state index in [9.17, 15) is 18.0 Å². The van der Waals surface area contributed by atoms with Gasteiger partial charge in [0.05, 0.1) is 0 Å². The molecule has 6 rings (SSSR count). The first kappa shape index (κ1) is 30.2. The van der Waals surface area contributed by atoms with Crippen molar-refractivity contribution >= 4 is 23.2 Å². The van der Waals surface area contributed by atoms with Crippen LogP contribution in [0.2, 0.25) is 5.02 Å². The van der Waals surface area contributed by atoms with E-state index in [1.165, 1.54) is 5.69 Å². The molecular formula is C36H35ClF3N3O. The summed E-state index contributed by atoms with van der Waals surface area (Å²) in [6, 6.07) is 31.7. The van der Waals surface area contributed by atoms with E-state index in [0.717, 1.165) is 77.5 Å². The Morgan fingerprint density at radius 1 is 0.773 bits per heavy atom. The van der Waals surface area contributed by atoms with E-state index in [1.807, 2.05) is 66.7 Å². The maximum Gasteiger partial charge on any atom is 0.405 e. The third-order valence-electron chi connectivity index (χ3n) is 8.92. The molecule has 4 nitrogen and oxygen atoms in total. The number of hydrogen-bond acceptors (Lipinski definition) is 3. The van der Waals surface area contributed by atoms with E-state index < -0.39 is 24.0 Å². The Morgan fingerprint density at radius 2 is 1.39 bits per heavy atom. The largest absolute Gasteiger partial charge is 0.405 e. The van der Waals surface area contributed by atoms with Crippen LogP contribution in [-0.4, -0.2) is 56.3 Å². The fraction of sp³-hybridized carbons (Fsp3) is 0.306. The zero-order valence-corrected chi connectivity index (χ0v) is 25.2. The van der Waals surface area contributed by atoms with Gasteiger partial charge in [-0.05, 0) is 77.0 Å². The van der Waals surface area contributed by atoms with Gasteiger partial charge in [0, 0.05) is 36.9 Å². The van der Waals surface area contributed by atoms with Crippen molar-refractivity contribution in [2.24, 2.45) is 0 Å². The number of anilines is 1. The van der Waals surface area contributed by atoms with Crippen LogP contribution < -0.4 is 10.2 Å². The molecule has 1 heterocycles. The van der Waals surface area contributed by atoms with Crippen LogP contribution in [0.25, 0.3) is 22.3 Å². The summed E-state index contributed by atoms with van der Waals surface area (Å²) in [6.07, 6.45) is -2.47. The van der Waals surface area contributed by atoms with Crippen molar-refractivity contribution in [2.45, 2.75) is 30.9 Å². The SMILES string of the molecule is O=C(NCC(F)(F)F)C1(CCCCN2CCN(c3cccc(-c4cccc(Cl)c4)c3)CC2)c2ccccc2-c2ccccc21. The molecule has 0 spiro atoms. The van der Waals surface area contributed by atoms with Gasteiger partial charge in [-0.25, -0.2) is 0 Å². The first-order valence-corrected chi connectivity index (χ1v) is 15.5. The van der Waals surface area contributed by atoms with Gasteiger partial charge in [-0.15, -0.1) is 0 Å². The molecule has 1 aliphatic heterocycles. The van der Waals surface area contributed by atoms with Crippen LogP contribution in [0, 0.1) is 0 Å². The molecule has 1 fully saturated rings. The van der Waals surface area contributed by atoms with Crippen LogP contribution in [0.1, 0.15) is 30.4 Å². The van der Waals surface area contributed by atoms with Gasteiger partial charge >= 0.3 is 6.18 Å². The lowest BCUT2D eigenvalue weighted by Crippen LogP contribution is -2.47. The number of nitrogens with one attached hydrogen (secondary N) is 1. The quantitative estimate of drug-likeness (QED) is 0.194. The molecule has 1 aliphatic carbocycles. The molecule has 228 valence electrons. The summed E-state index contributed by atoms with van der Waals surface area (Å²) in [5, 5.41) is 2.95. The van der Waals surface area contributed by atoms with Crippen molar-refractivity contribution in [3.05, 3.63) is 113 Å². The second-order valence-electron chi connectivity index (χ2n) is 11.6. The Bertz CT molecular complexity index is 1590. The number of rotatable bonds is 9. The molecule has 0 unspecified atom stereocenters. The molecule has 0 aromatic heterocycles. The van der Waals surface area contributed by atoms with Crippen molar-refractivity contribution < 1.29 is 18.0 Å². The van der Waals surface area contributed by atoms with Crippen LogP contribution in [0.4, 0.5) is 18.9 Å². The standard InChI is InChI=1S/C36H35ClF3N3O/c37-28-11-7-9-26(23-28)27-10-8-12-29(24-27)43-21-19-42(20-22-43)18-6-5-17-35(34(44)41-25-36(38,39)40)32-15-3-1-13-30(32)31-14-2-4-16-33(31)35/h1-4,7-16,23-24H,5-6,17-22,25H2,(H,41,44). The van der Waals surface area contributed by atoms with Gasteiger partial charge < -0.3 is 10.2 Å². The van der Waals surface area contributed by atoms with Crippen molar-refractivity contribution in [2.75, 3.05) is 44.2 Å². The molecule has 4 aromatic carbocycles. The molecule has 1 amide bonds. The van der Waals surface area contributed by atoms with E-state index in [4.69, 9.17) is 11.6 Å². The molecule has 1 saturated heterocycles. The van der Waals surface area contributed by atoms with E-state index >= 15 is 0 Å². The van der Waals surface area contributed by atoms with Crippen molar-refractivity contribution in [3.8, 4) is 22.3 Å². The normalized spacial score (nSPS) is 16.0. The van der Waals surface area contributed by atoms with Crippen LogP contribution in [0.15, 0.2) is 97.1 Å². The highest BCUT2D eigenvalue weighted by Crippen LogP contribution is 2.51. The topological polar surface area (TPSA) is 35.6 Å². The molecule has 0 bridgehead atoms. The molecule has 1 N–H and O–H groups in total. The van der Waals surface area contributed by atoms with Crippen LogP contribution in [0.3, 0.4) is 0 Å². The number of nitrogens with zero attached hydrogens (tertiary/aromatic N) is 2. The third kappa shape index (κ3) is 6.21. The highest BCUT2D eigenvalue weighted by Gasteiger charge is 2.49. The first-order valence-electron chi connectivity index (χ1n) is 15.1. The van der Waals surface area contributed by atoms with Crippen LogP contribution in [-0.2, 0) is 10.2 Å². The summed E-state index contributed by atoms with van der Waals surface area (Å²) in [6.45, 7) is 3.19. The molecule has 44 heavy (non-hydrogen) atoms. The number of fused-ring (bicyclic) bond motifs is 3. The number of piperazine rings is 1. The van der Waals surface area contributed by atoms with Crippen LogP contribution in [0.5, 0.6) is 0 Å². The molecular weight excluding hydrogens is 583 g/mol. The van der Waals surface area contributed by atoms with E-state index in [1.54, 1.807) is 0 Å². The highest BCUT2D eigenvalue weighted by molar-refractivity contribution is 6.30. The number of carbonyl (C=O) groups excluding carboxylic acids is 1. The summed E-state index contributed by atoms with van der Waals surface area (Å²) >= 11 is 6.21. The molecule has 0 saturated carbocycles. The monoisotopic (exact) mass is 617 g/mol. The number of hydrogen-bond donors (Lipinski definition) is 1. The van der Waals surface area contributed by atoms with Gasteiger partial charge in [0.2, 0.25) is 5.91 Å². The number of alkyl halides is 3. The predicted octanol–water partition coefficient (Wildman–Crippen LogP) is 7.94. The zero-order valence-electron chi connectivity index (χ0n) is 24.4. The number of unbranched alkanes of at least 4 members (excludes halogenated alkanes) is 1. The van der Waals surface area contributed by atoms with Crippen molar-refractivity contribution in [3.63, 3.8) is 0 Å². The maximum absolute atomic E-state index is 13.7. The zero-order chi connectivity index (χ0) is 30.7. The van der Waals surface area contributed by atoms with E-state index in [-0.39, 0.29) is 0 Å². The lowest BCUT2D eigenvalue weighted by molar-refractivity contribution is -0.141. The minimum Gasteiger partial charge on any atom is -0.369 e. The fourth-order valence-electron chi connectivity index (χ4n) is 6.79. The smallest absolute Gasteiger partial charge is 0.369 e. The van der Waals surface area contributed by atoms with E-state index in [2.05, 4.69) is 45.4 Å². The highest BCUT2D eigenvalue weighted by atomic mass is 35.5. The van der Waals surface area contributed by atoms with Gasteiger partial charge in [-0.1, -0.05) is 90.8 Å². The van der Waals surface area contributed by atoms with Crippen molar-refractivity contribution in [1.29, 1.82) is 0 Å². The summed E-state index contributed by atoms with van der Waals surface area (Å²) in [5.41, 5.74) is 5.68. The number of amides is 1. The van der Waals surface area contributed by atoms with E-state index in [0.29, 0.717) is 12.8 Å². The van der Waals surface area contributed by atoms with Gasteiger partial charge in [-0.3, -0.25) is 9.69 Å². The molecule has 0 radical (unpaired) electrons. The Labute approximate surface area is 261 Å². The van der Waals surface area contributed by atoms with Gasteiger partial charge in [0.25, 0.3) is 0 Å². The summed E-state index contributed by atoms with van der Waals surface area (Å²) in [4.78, 5) is 18.5. The molecule has 0 atom stereocenters. The Hall–Kier alpha value is -3.81. The number of carbonyl (C=O) groups is 1. The van der Waals surface area contributed by atoms with Crippen molar-refractivity contribution in [1.82, 2.24) is 10.2 Å². The number of halogens is 4. The summed E-state index contributed by atoms with van der Waals surface area (Å²) in [5.74, 6) is -0.583. The number of benzene rings is 4. The average molecular weight is 618 g/mol. The molecule has 2 aliphatic rings.